The molecule has 0 saturated carbocycles. The van der Waals surface area contributed by atoms with Crippen LogP contribution in [0, 0.1) is 0 Å². The van der Waals surface area contributed by atoms with Gasteiger partial charge in [-0.15, -0.1) is 0 Å². The van der Waals surface area contributed by atoms with Gasteiger partial charge < -0.3 is 14.8 Å². The number of nitrogens with one attached hydrogen (secondary N) is 1. The minimum Gasteiger partial charge on any atom is -0.489 e. The molecule has 1 aliphatic heterocycles. The number of ketones is 1. The van der Waals surface area contributed by atoms with Crippen molar-refractivity contribution in [2.75, 3.05) is 26.8 Å². The second-order valence-electron chi connectivity index (χ2n) is 4.40. The van der Waals surface area contributed by atoms with E-state index in [0.717, 1.165) is 28.6 Å². The molecule has 1 N–H and O–H groups in total. The summed E-state index contributed by atoms with van der Waals surface area (Å²) in [5.74, 6) is 1.50. The molecule has 0 aromatic heterocycles. The standard InChI is InChI=1S/C14H18BrNO3/c1-3-9-10(12(17)8-16-2)7-11(15)14-13(9)18-5-4-6-19-14/h7,16H,3-6,8H2,1-2H3. The SMILES string of the molecule is CCc1c(C(=O)CNC)cc(Br)c2c1OCCCO2. The van der Waals surface area contributed by atoms with Crippen LogP contribution in [-0.2, 0) is 6.42 Å². The number of hydrogen-bond acceptors (Lipinski definition) is 4. The second-order valence-corrected chi connectivity index (χ2v) is 5.25. The molecular weight excluding hydrogens is 310 g/mol. The van der Waals surface area contributed by atoms with Gasteiger partial charge in [0.1, 0.15) is 0 Å². The molecule has 5 heteroatoms. The zero-order valence-corrected chi connectivity index (χ0v) is 12.8. The van der Waals surface area contributed by atoms with Gasteiger partial charge in [-0.1, -0.05) is 6.92 Å². The van der Waals surface area contributed by atoms with Crippen molar-refractivity contribution in [2.24, 2.45) is 0 Å². The molecule has 1 aliphatic rings. The first kappa shape index (κ1) is 14.3. The maximum absolute atomic E-state index is 12.2. The van der Waals surface area contributed by atoms with Gasteiger partial charge in [0.2, 0.25) is 0 Å². The summed E-state index contributed by atoms with van der Waals surface area (Å²) in [6.45, 7) is 3.60. The number of carbonyl (C=O) groups excluding carboxylic acids is 1. The smallest absolute Gasteiger partial charge is 0.177 e. The molecule has 0 aliphatic carbocycles. The number of fused-ring (bicyclic) bond motifs is 1. The molecule has 0 amide bonds. The van der Waals surface area contributed by atoms with Gasteiger partial charge in [-0.3, -0.25) is 4.79 Å². The van der Waals surface area contributed by atoms with Gasteiger partial charge in [0, 0.05) is 17.5 Å². The molecular formula is C14H18BrNO3. The van der Waals surface area contributed by atoms with Crippen LogP contribution in [-0.4, -0.2) is 32.6 Å². The lowest BCUT2D eigenvalue weighted by Gasteiger charge is -2.17. The lowest BCUT2D eigenvalue weighted by atomic mass is 9.99. The maximum atomic E-state index is 12.2. The zero-order valence-electron chi connectivity index (χ0n) is 11.2. The molecule has 0 atom stereocenters. The third-order valence-corrected chi connectivity index (χ3v) is 3.66. The Morgan fingerprint density at radius 1 is 1.37 bits per heavy atom. The van der Waals surface area contributed by atoms with Crippen molar-refractivity contribution in [3.05, 3.63) is 21.7 Å². The second kappa shape index (κ2) is 6.39. The molecule has 2 rings (SSSR count). The molecule has 0 radical (unpaired) electrons. The summed E-state index contributed by atoms with van der Waals surface area (Å²) in [5, 5.41) is 2.89. The molecule has 0 fully saturated rings. The van der Waals surface area contributed by atoms with Crippen molar-refractivity contribution >= 4 is 21.7 Å². The third-order valence-electron chi connectivity index (χ3n) is 3.07. The molecule has 0 unspecified atom stereocenters. The summed E-state index contributed by atoms with van der Waals surface area (Å²) < 4.78 is 12.3. The van der Waals surface area contributed by atoms with Gasteiger partial charge in [0.15, 0.2) is 17.3 Å². The molecule has 1 heterocycles. The Balaban J connectivity index is 2.53. The van der Waals surface area contributed by atoms with Gasteiger partial charge >= 0.3 is 0 Å². The van der Waals surface area contributed by atoms with Crippen LogP contribution in [0.15, 0.2) is 10.5 Å². The Morgan fingerprint density at radius 3 is 2.68 bits per heavy atom. The molecule has 4 nitrogen and oxygen atoms in total. The van der Waals surface area contributed by atoms with E-state index in [1.807, 2.05) is 13.0 Å². The molecule has 0 spiro atoms. The molecule has 1 aromatic carbocycles. The Bertz CT molecular complexity index is 488. The van der Waals surface area contributed by atoms with Crippen LogP contribution in [0.4, 0.5) is 0 Å². The van der Waals surface area contributed by atoms with E-state index in [2.05, 4.69) is 21.2 Å². The van der Waals surface area contributed by atoms with Gasteiger partial charge in [-0.25, -0.2) is 0 Å². The van der Waals surface area contributed by atoms with Gasteiger partial charge in [-0.05, 0) is 35.5 Å². The number of hydrogen-bond donors (Lipinski definition) is 1. The topological polar surface area (TPSA) is 47.6 Å². The fourth-order valence-corrected chi connectivity index (χ4v) is 2.72. The van der Waals surface area contributed by atoms with Crippen LogP contribution in [0.2, 0.25) is 0 Å². The van der Waals surface area contributed by atoms with E-state index >= 15 is 0 Å². The van der Waals surface area contributed by atoms with E-state index in [4.69, 9.17) is 9.47 Å². The summed E-state index contributed by atoms with van der Waals surface area (Å²) in [5.41, 5.74) is 1.63. The van der Waals surface area contributed by atoms with Crippen LogP contribution in [0.1, 0.15) is 29.3 Å². The van der Waals surface area contributed by atoms with Gasteiger partial charge in [0.05, 0.1) is 24.2 Å². The van der Waals surface area contributed by atoms with Crippen LogP contribution >= 0.6 is 15.9 Å². The molecule has 1 aromatic rings. The maximum Gasteiger partial charge on any atom is 0.177 e. The zero-order chi connectivity index (χ0) is 13.8. The minimum absolute atomic E-state index is 0.0655. The highest BCUT2D eigenvalue weighted by molar-refractivity contribution is 9.10. The van der Waals surface area contributed by atoms with E-state index in [0.29, 0.717) is 31.1 Å². The van der Waals surface area contributed by atoms with E-state index < -0.39 is 0 Å². The summed E-state index contributed by atoms with van der Waals surface area (Å²) >= 11 is 3.47. The van der Waals surface area contributed by atoms with Crippen molar-refractivity contribution < 1.29 is 14.3 Å². The largest absolute Gasteiger partial charge is 0.489 e. The normalized spacial score (nSPS) is 14.1. The van der Waals surface area contributed by atoms with E-state index in [9.17, 15) is 4.79 Å². The Kier molecular flexibility index (Phi) is 4.82. The Labute approximate surface area is 121 Å². The third kappa shape index (κ3) is 2.92. The van der Waals surface area contributed by atoms with E-state index in [-0.39, 0.29) is 5.78 Å². The number of rotatable bonds is 4. The lowest BCUT2D eigenvalue weighted by Crippen LogP contribution is -2.20. The Hall–Kier alpha value is -1.07. The first-order chi connectivity index (χ1) is 9.19. The highest BCUT2D eigenvalue weighted by Crippen LogP contribution is 2.42. The predicted molar refractivity (Wildman–Crippen MR) is 77.4 cm³/mol. The monoisotopic (exact) mass is 327 g/mol. The van der Waals surface area contributed by atoms with Crippen molar-refractivity contribution in [3.8, 4) is 11.5 Å². The number of Topliss-reactive ketones (excluding diaryl/α,β-unsaturated/α-hetero) is 1. The first-order valence-corrected chi connectivity index (χ1v) is 7.27. The Morgan fingerprint density at radius 2 is 2.05 bits per heavy atom. The number of benzene rings is 1. The summed E-state index contributed by atoms with van der Waals surface area (Å²) in [7, 11) is 1.77. The summed E-state index contributed by atoms with van der Waals surface area (Å²) in [4.78, 5) is 12.2. The number of halogens is 1. The first-order valence-electron chi connectivity index (χ1n) is 6.47. The minimum atomic E-state index is 0.0655. The highest BCUT2D eigenvalue weighted by atomic mass is 79.9. The van der Waals surface area contributed by atoms with Crippen LogP contribution in [0.25, 0.3) is 0 Å². The van der Waals surface area contributed by atoms with Crippen molar-refractivity contribution in [1.29, 1.82) is 0 Å². The van der Waals surface area contributed by atoms with Crippen LogP contribution in [0.3, 0.4) is 0 Å². The average molecular weight is 328 g/mol. The highest BCUT2D eigenvalue weighted by Gasteiger charge is 2.23. The predicted octanol–water partition coefficient (Wildman–Crippen LogP) is 2.57. The fraction of sp³-hybridized carbons (Fsp3) is 0.500. The number of carbonyl (C=O) groups is 1. The average Bonchev–Trinajstić information content (AvgIpc) is 2.65. The van der Waals surface area contributed by atoms with E-state index in [1.165, 1.54) is 0 Å². The molecule has 19 heavy (non-hydrogen) atoms. The lowest BCUT2D eigenvalue weighted by molar-refractivity contribution is 0.0992. The molecule has 104 valence electrons. The van der Waals surface area contributed by atoms with Crippen molar-refractivity contribution in [2.45, 2.75) is 19.8 Å². The van der Waals surface area contributed by atoms with E-state index in [1.54, 1.807) is 7.05 Å². The van der Waals surface area contributed by atoms with Gasteiger partial charge in [-0.2, -0.15) is 0 Å². The summed E-state index contributed by atoms with van der Waals surface area (Å²) in [6, 6.07) is 1.84. The summed E-state index contributed by atoms with van der Waals surface area (Å²) in [6.07, 6.45) is 1.59. The van der Waals surface area contributed by atoms with Crippen LogP contribution in [0.5, 0.6) is 11.5 Å². The van der Waals surface area contributed by atoms with Crippen molar-refractivity contribution in [1.82, 2.24) is 5.32 Å². The van der Waals surface area contributed by atoms with Crippen LogP contribution < -0.4 is 14.8 Å². The quantitative estimate of drug-likeness (QED) is 0.863. The number of likely N-dealkylation sites (N-methyl/N-ethyl adjacent to an activating group) is 1. The van der Waals surface area contributed by atoms with Gasteiger partial charge in [0.25, 0.3) is 0 Å². The van der Waals surface area contributed by atoms with Crippen molar-refractivity contribution in [3.63, 3.8) is 0 Å². The fourth-order valence-electron chi connectivity index (χ4n) is 2.20. The number of ether oxygens (including phenoxy) is 2. The molecule has 0 bridgehead atoms. The molecule has 0 saturated heterocycles.